The van der Waals surface area contributed by atoms with Gasteiger partial charge in [0.15, 0.2) is 0 Å². The lowest BCUT2D eigenvalue weighted by Crippen LogP contribution is -2.30. The van der Waals surface area contributed by atoms with Gasteiger partial charge in [-0.2, -0.15) is 0 Å². The molecule has 0 spiro atoms. The van der Waals surface area contributed by atoms with Gasteiger partial charge in [0, 0.05) is 35.9 Å². The van der Waals surface area contributed by atoms with Crippen molar-refractivity contribution in [3.63, 3.8) is 0 Å². The molecule has 0 aliphatic rings. The third kappa shape index (κ3) is 7.90. The predicted octanol–water partition coefficient (Wildman–Crippen LogP) is 4.32. The van der Waals surface area contributed by atoms with E-state index in [1.807, 2.05) is 25.7 Å². The fraction of sp³-hybridized carbons (Fsp3) is 0.263. The lowest BCUT2D eigenvalue weighted by Gasteiger charge is -2.26. The van der Waals surface area contributed by atoms with Crippen molar-refractivity contribution in [1.82, 2.24) is 5.32 Å². The molecule has 1 rings (SSSR count). The van der Waals surface area contributed by atoms with Gasteiger partial charge in [-0.05, 0) is 43.3 Å². The summed E-state index contributed by atoms with van der Waals surface area (Å²) in [4.78, 5) is 1.99. The van der Waals surface area contributed by atoms with E-state index in [-0.39, 0.29) is 5.82 Å². The molecule has 0 saturated heterocycles. The van der Waals surface area contributed by atoms with Crippen LogP contribution in [0.3, 0.4) is 0 Å². The standard InChI is InChI=1S/C17H22FN3.C2H6/c1-5-16(12-14(4)19)21(11-10-20-13(2)3)17-8-6-15(18)7-9-17;1-2/h5-9,12,20H,1-2,4,10-11,19H2,3H3;1-2H3/b16-12+;. The van der Waals surface area contributed by atoms with E-state index in [1.54, 1.807) is 24.3 Å². The summed E-state index contributed by atoms with van der Waals surface area (Å²) in [6, 6.07) is 6.28. The first-order valence-electron chi connectivity index (χ1n) is 7.65. The number of benzene rings is 1. The highest BCUT2D eigenvalue weighted by Gasteiger charge is 2.10. The zero-order valence-electron chi connectivity index (χ0n) is 14.4. The number of anilines is 1. The van der Waals surface area contributed by atoms with Crippen molar-refractivity contribution in [2.24, 2.45) is 5.73 Å². The highest BCUT2D eigenvalue weighted by molar-refractivity contribution is 5.55. The molecule has 0 fully saturated rings. The van der Waals surface area contributed by atoms with Gasteiger partial charge < -0.3 is 16.0 Å². The molecule has 23 heavy (non-hydrogen) atoms. The molecule has 3 nitrogen and oxygen atoms in total. The van der Waals surface area contributed by atoms with Gasteiger partial charge in [-0.3, -0.25) is 0 Å². The average Bonchev–Trinajstić information content (AvgIpc) is 2.52. The van der Waals surface area contributed by atoms with Crippen molar-refractivity contribution in [3.05, 3.63) is 79.1 Å². The maximum Gasteiger partial charge on any atom is 0.123 e. The molecular formula is C19H28FN3. The Bertz CT molecular complexity index is 544. The zero-order chi connectivity index (χ0) is 17.8. The molecule has 4 heteroatoms. The van der Waals surface area contributed by atoms with Gasteiger partial charge in [-0.15, -0.1) is 0 Å². The van der Waals surface area contributed by atoms with E-state index < -0.39 is 0 Å². The van der Waals surface area contributed by atoms with E-state index in [9.17, 15) is 4.39 Å². The minimum Gasteiger partial charge on any atom is -0.399 e. The molecule has 0 radical (unpaired) electrons. The van der Waals surface area contributed by atoms with Crippen molar-refractivity contribution in [2.75, 3.05) is 18.0 Å². The normalized spacial score (nSPS) is 10.2. The van der Waals surface area contributed by atoms with Crippen LogP contribution in [-0.2, 0) is 0 Å². The maximum atomic E-state index is 13.1. The SMILES string of the molecule is C=C/C(=C\C(=C)N)N(CCNC(=C)C)c1ccc(F)cc1.CC. The Morgan fingerprint density at radius 1 is 1.26 bits per heavy atom. The van der Waals surface area contributed by atoms with Crippen LogP contribution >= 0.6 is 0 Å². The molecule has 0 saturated carbocycles. The predicted molar refractivity (Wildman–Crippen MR) is 99.5 cm³/mol. The molecule has 0 aromatic heterocycles. The smallest absolute Gasteiger partial charge is 0.123 e. The largest absolute Gasteiger partial charge is 0.399 e. The minimum atomic E-state index is -0.272. The molecule has 0 unspecified atom stereocenters. The van der Waals surface area contributed by atoms with Crippen LogP contribution < -0.4 is 16.0 Å². The minimum absolute atomic E-state index is 0.272. The summed E-state index contributed by atoms with van der Waals surface area (Å²) >= 11 is 0. The molecule has 0 bridgehead atoms. The summed E-state index contributed by atoms with van der Waals surface area (Å²) in [7, 11) is 0. The van der Waals surface area contributed by atoms with E-state index in [0.29, 0.717) is 18.8 Å². The van der Waals surface area contributed by atoms with Crippen LogP contribution in [0, 0.1) is 5.82 Å². The zero-order valence-corrected chi connectivity index (χ0v) is 14.4. The lowest BCUT2D eigenvalue weighted by molar-refractivity contribution is 0.627. The van der Waals surface area contributed by atoms with Crippen molar-refractivity contribution in [2.45, 2.75) is 20.8 Å². The van der Waals surface area contributed by atoms with Gasteiger partial charge >= 0.3 is 0 Å². The Labute approximate surface area is 139 Å². The van der Waals surface area contributed by atoms with Crippen LogP contribution in [0.2, 0.25) is 0 Å². The van der Waals surface area contributed by atoms with Crippen LogP contribution in [0.25, 0.3) is 0 Å². The Morgan fingerprint density at radius 2 is 1.83 bits per heavy atom. The van der Waals surface area contributed by atoms with E-state index in [4.69, 9.17) is 5.73 Å². The quantitative estimate of drug-likeness (QED) is 0.701. The fourth-order valence-electron chi connectivity index (χ4n) is 1.85. The molecule has 1 aromatic carbocycles. The van der Waals surface area contributed by atoms with Gasteiger partial charge in [0.2, 0.25) is 0 Å². The van der Waals surface area contributed by atoms with Crippen molar-refractivity contribution in [1.29, 1.82) is 0 Å². The third-order valence-electron chi connectivity index (χ3n) is 2.75. The summed E-state index contributed by atoms with van der Waals surface area (Å²) in [5.41, 5.74) is 8.63. The van der Waals surface area contributed by atoms with Crippen LogP contribution in [0.4, 0.5) is 10.1 Å². The number of hydrogen-bond donors (Lipinski definition) is 2. The molecule has 3 N–H and O–H groups in total. The molecule has 0 amide bonds. The van der Waals surface area contributed by atoms with E-state index >= 15 is 0 Å². The Kier molecular flexibility index (Phi) is 9.92. The lowest BCUT2D eigenvalue weighted by atomic mass is 10.2. The number of allylic oxidation sites excluding steroid dienone is 3. The molecule has 1 aromatic rings. The van der Waals surface area contributed by atoms with Crippen LogP contribution in [-0.4, -0.2) is 13.1 Å². The van der Waals surface area contributed by atoms with E-state index in [2.05, 4.69) is 25.1 Å². The highest BCUT2D eigenvalue weighted by atomic mass is 19.1. The van der Waals surface area contributed by atoms with Crippen molar-refractivity contribution in [3.8, 4) is 0 Å². The van der Waals surface area contributed by atoms with Gasteiger partial charge in [-0.25, -0.2) is 4.39 Å². The Hall–Kier alpha value is -2.49. The number of halogens is 1. The summed E-state index contributed by atoms with van der Waals surface area (Å²) in [5.74, 6) is -0.272. The maximum absolute atomic E-state index is 13.1. The van der Waals surface area contributed by atoms with Crippen LogP contribution in [0.1, 0.15) is 20.8 Å². The average molecular weight is 317 g/mol. The fourth-order valence-corrected chi connectivity index (χ4v) is 1.85. The number of nitrogens with one attached hydrogen (secondary N) is 1. The second-order valence-electron chi connectivity index (χ2n) is 4.68. The monoisotopic (exact) mass is 317 g/mol. The number of hydrogen-bond acceptors (Lipinski definition) is 3. The first-order valence-corrected chi connectivity index (χ1v) is 7.65. The first kappa shape index (κ1) is 20.5. The topological polar surface area (TPSA) is 41.3 Å². The van der Waals surface area contributed by atoms with Gasteiger partial charge in [0.1, 0.15) is 5.82 Å². The van der Waals surface area contributed by atoms with E-state index in [0.717, 1.165) is 17.1 Å². The summed E-state index contributed by atoms with van der Waals surface area (Å²) < 4.78 is 13.1. The molecule has 126 valence electrons. The number of rotatable bonds is 8. The van der Waals surface area contributed by atoms with Crippen LogP contribution in [0.15, 0.2) is 73.2 Å². The third-order valence-corrected chi connectivity index (χ3v) is 2.75. The second kappa shape index (κ2) is 11.1. The van der Waals surface area contributed by atoms with Gasteiger partial charge in [0.25, 0.3) is 0 Å². The Morgan fingerprint density at radius 3 is 2.26 bits per heavy atom. The second-order valence-corrected chi connectivity index (χ2v) is 4.68. The first-order chi connectivity index (χ1) is 10.9. The van der Waals surface area contributed by atoms with Gasteiger partial charge in [0.05, 0.1) is 0 Å². The number of nitrogens with two attached hydrogens (primary N) is 1. The summed E-state index contributed by atoms with van der Waals surface area (Å²) in [6.45, 7) is 18.5. The van der Waals surface area contributed by atoms with Gasteiger partial charge in [-0.1, -0.05) is 33.6 Å². The number of nitrogens with zero attached hydrogens (tertiary/aromatic N) is 1. The summed E-state index contributed by atoms with van der Waals surface area (Å²) in [6.07, 6.45) is 3.43. The molecule has 0 atom stereocenters. The Balaban J connectivity index is 0.00000232. The van der Waals surface area contributed by atoms with Crippen molar-refractivity contribution < 1.29 is 4.39 Å². The molecule has 0 aliphatic carbocycles. The molecule has 0 heterocycles. The van der Waals surface area contributed by atoms with E-state index in [1.165, 1.54) is 12.1 Å². The van der Waals surface area contributed by atoms with Crippen molar-refractivity contribution >= 4 is 5.69 Å². The molecule has 0 aliphatic heterocycles. The highest BCUT2D eigenvalue weighted by Crippen LogP contribution is 2.20. The summed E-state index contributed by atoms with van der Waals surface area (Å²) in [5, 5.41) is 3.16. The van der Waals surface area contributed by atoms with Crippen LogP contribution in [0.5, 0.6) is 0 Å². The molecular weight excluding hydrogens is 289 g/mol.